The summed E-state index contributed by atoms with van der Waals surface area (Å²) in [7, 11) is 1.44. The van der Waals surface area contributed by atoms with Crippen LogP contribution in [-0.2, 0) is 0 Å². The minimum absolute atomic E-state index is 0.540. The zero-order valence-corrected chi connectivity index (χ0v) is 9.43. The summed E-state index contributed by atoms with van der Waals surface area (Å²) in [6.07, 6.45) is 1.71. The Labute approximate surface area is 92.7 Å². The molecule has 4 heteroatoms. The fourth-order valence-electron chi connectivity index (χ4n) is 0.935. The molecule has 0 aliphatic carbocycles. The van der Waals surface area contributed by atoms with Crippen LogP contribution in [-0.4, -0.2) is 11.8 Å². The first-order valence-corrected chi connectivity index (χ1v) is 4.80. The van der Waals surface area contributed by atoms with Crippen molar-refractivity contribution in [1.82, 2.24) is 0 Å². The van der Waals surface area contributed by atoms with Crippen LogP contribution in [0.4, 0.5) is 0 Å². The van der Waals surface area contributed by atoms with E-state index < -0.39 is 0 Å². The molecule has 0 saturated heterocycles. The normalized spacial score (nSPS) is 11.6. The van der Waals surface area contributed by atoms with Crippen LogP contribution >= 0.6 is 23.2 Å². The first-order valence-electron chi connectivity index (χ1n) is 4.05. The third kappa shape index (κ3) is 2.82. The first-order chi connectivity index (χ1) is 6.50. The predicted octanol–water partition coefficient (Wildman–Crippen LogP) is 3.76. The van der Waals surface area contributed by atoms with Gasteiger partial charge in [0.2, 0.25) is 5.70 Å². The zero-order chi connectivity index (χ0) is 10.7. The van der Waals surface area contributed by atoms with Crippen LogP contribution in [0.15, 0.2) is 23.9 Å². The van der Waals surface area contributed by atoms with Gasteiger partial charge in [-0.3, -0.25) is 0 Å². The SMILES string of the molecule is C/C(=C\c1ccc(Cl)cc1Cl)[N+](C)=O. The fourth-order valence-corrected chi connectivity index (χ4v) is 1.40. The second kappa shape index (κ2) is 4.58. The molecule has 1 aromatic rings. The topological polar surface area (TPSA) is 20.1 Å². The molecular formula is C10H10Cl2NO+. The van der Waals surface area contributed by atoms with E-state index in [-0.39, 0.29) is 0 Å². The highest BCUT2D eigenvalue weighted by Gasteiger charge is 2.06. The van der Waals surface area contributed by atoms with E-state index in [0.29, 0.717) is 15.7 Å². The highest BCUT2D eigenvalue weighted by Crippen LogP contribution is 2.22. The van der Waals surface area contributed by atoms with Crippen molar-refractivity contribution in [3.63, 3.8) is 0 Å². The van der Waals surface area contributed by atoms with Crippen molar-refractivity contribution >= 4 is 29.3 Å². The van der Waals surface area contributed by atoms with E-state index in [1.165, 1.54) is 7.05 Å². The number of allylic oxidation sites excluding steroid dienone is 1. The number of rotatable bonds is 2. The first kappa shape index (κ1) is 11.2. The Kier molecular flexibility index (Phi) is 3.67. The van der Waals surface area contributed by atoms with Crippen LogP contribution in [0.2, 0.25) is 10.0 Å². The van der Waals surface area contributed by atoms with Gasteiger partial charge in [0.05, 0.1) is 0 Å². The van der Waals surface area contributed by atoms with Gasteiger partial charge < -0.3 is 0 Å². The molecule has 0 aliphatic heterocycles. The minimum Gasteiger partial charge on any atom is -0.0843 e. The largest absolute Gasteiger partial charge is 0.230 e. The van der Waals surface area contributed by atoms with Gasteiger partial charge in [0.15, 0.2) is 7.05 Å². The smallest absolute Gasteiger partial charge is 0.0843 e. The lowest BCUT2D eigenvalue weighted by Crippen LogP contribution is -1.95. The van der Waals surface area contributed by atoms with Gasteiger partial charge in [0.25, 0.3) is 0 Å². The summed E-state index contributed by atoms with van der Waals surface area (Å²) in [4.78, 5) is 10.9. The lowest BCUT2D eigenvalue weighted by atomic mass is 10.2. The number of hydrogen-bond donors (Lipinski definition) is 0. The van der Waals surface area contributed by atoms with E-state index in [0.717, 1.165) is 10.3 Å². The summed E-state index contributed by atoms with van der Waals surface area (Å²) in [6, 6.07) is 5.15. The van der Waals surface area contributed by atoms with E-state index in [2.05, 4.69) is 0 Å². The molecule has 0 heterocycles. The molecule has 0 atom stereocenters. The number of nitrogens with zero attached hydrogens (tertiary/aromatic N) is 1. The lowest BCUT2D eigenvalue weighted by molar-refractivity contribution is -0.464. The van der Waals surface area contributed by atoms with Crippen molar-refractivity contribution in [2.75, 3.05) is 7.05 Å². The molecule has 1 rings (SSSR count). The van der Waals surface area contributed by atoms with Gasteiger partial charge in [0, 0.05) is 32.7 Å². The van der Waals surface area contributed by atoms with Crippen LogP contribution in [0.3, 0.4) is 0 Å². The molecule has 0 N–H and O–H groups in total. The molecule has 0 radical (unpaired) electrons. The molecule has 14 heavy (non-hydrogen) atoms. The number of nitroso groups, excluding NO2 is 1. The minimum atomic E-state index is 0.540. The van der Waals surface area contributed by atoms with Crippen molar-refractivity contribution in [2.24, 2.45) is 0 Å². The number of halogens is 2. The second-order valence-electron chi connectivity index (χ2n) is 2.95. The average molecular weight is 231 g/mol. The molecule has 0 bridgehead atoms. The van der Waals surface area contributed by atoms with E-state index in [1.54, 1.807) is 31.2 Å². The highest BCUT2D eigenvalue weighted by atomic mass is 35.5. The van der Waals surface area contributed by atoms with Gasteiger partial charge in [-0.05, 0) is 17.7 Å². The average Bonchev–Trinajstić information content (AvgIpc) is 2.09. The maximum absolute atomic E-state index is 10.9. The zero-order valence-electron chi connectivity index (χ0n) is 7.92. The summed E-state index contributed by atoms with van der Waals surface area (Å²) in [5.41, 5.74) is 1.38. The van der Waals surface area contributed by atoms with Gasteiger partial charge >= 0.3 is 0 Å². The van der Waals surface area contributed by atoms with E-state index in [1.807, 2.05) is 0 Å². The Morgan fingerprint density at radius 2 is 2.07 bits per heavy atom. The van der Waals surface area contributed by atoms with Gasteiger partial charge in [-0.2, -0.15) is 0 Å². The molecule has 1 aromatic carbocycles. The second-order valence-corrected chi connectivity index (χ2v) is 3.79. The highest BCUT2D eigenvalue weighted by molar-refractivity contribution is 6.35. The predicted molar refractivity (Wildman–Crippen MR) is 59.7 cm³/mol. The van der Waals surface area contributed by atoms with E-state index >= 15 is 0 Å². The van der Waals surface area contributed by atoms with Crippen LogP contribution in [0.5, 0.6) is 0 Å². The fraction of sp³-hybridized carbons (Fsp3) is 0.200. The van der Waals surface area contributed by atoms with Crippen LogP contribution < -0.4 is 0 Å². The van der Waals surface area contributed by atoms with Crippen LogP contribution in [0.25, 0.3) is 6.08 Å². The van der Waals surface area contributed by atoms with Crippen molar-refractivity contribution < 1.29 is 4.76 Å². The van der Waals surface area contributed by atoms with E-state index in [4.69, 9.17) is 23.2 Å². The van der Waals surface area contributed by atoms with Crippen molar-refractivity contribution in [2.45, 2.75) is 6.92 Å². The van der Waals surface area contributed by atoms with Crippen molar-refractivity contribution in [3.8, 4) is 0 Å². The maximum Gasteiger partial charge on any atom is 0.230 e. The Morgan fingerprint density at radius 1 is 1.43 bits per heavy atom. The summed E-state index contributed by atoms with van der Waals surface area (Å²) < 4.78 is 0.783. The number of hydrogen-bond acceptors (Lipinski definition) is 1. The Hall–Kier alpha value is -0.860. The maximum atomic E-state index is 10.9. The molecule has 0 aromatic heterocycles. The summed E-state index contributed by atoms with van der Waals surface area (Å²) in [5, 5.41) is 1.12. The van der Waals surface area contributed by atoms with Crippen molar-refractivity contribution in [3.05, 3.63) is 44.4 Å². The molecule has 0 aliphatic rings. The van der Waals surface area contributed by atoms with Crippen LogP contribution in [0, 0.1) is 4.91 Å². The lowest BCUT2D eigenvalue weighted by Gasteiger charge is -1.97. The van der Waals surface area contributed by atoms with E-state index in [9.17, 15) is 4.91 Å². The molecule has 74 valence electrons. The molecule has 0 amide bonds. The summed E-state index contributed by atoms with van der Waals surface area (Å²) >= 11 is 11.7. The Bertz CT molecular complexity index is 399. The van der Waals surface area contributed by atoms with Gasteiger partial charge in [-0.15, -0.1) is 0 Å². The Morgan fingerprint density at radius 3 is 2.57 bits per heavy atom. The Balaban J connectivity index is 3.09. The molecule has 0 spiro atoms. The monoisotopic (exact) mass is 230 g/mol. The summed E-state index contributed by atoms with van der Waals surface area (Å²) in [5.74, 6) is 0. The molecule has 0 fully saturated rings. The summed E-state index contributed by atoms with van der Waals surface area (Å²) in [6.45, 7) is 1.72. The quantitative estimate of drug-likeness (QED) is 0.709. The number of benzene rings is 1. The van der Waals surface area contributed by atoms with Gasteiger partial charge in [-0.1, -0.05) is 29.3 Å². The standard InChI is InChI=1S/C10H10Cl2NO/c1-7(13(2)14)5-8-3-4-9(11)6-10(8)12/h3-6H,1-2H3/q+1/b7-5+. The third-order valence-corrected chi connectivity index (χ3v) is 2.39. The van der Waals surface area contributed by atoms with Gasteiger partial charge in [-0.25, -0.2) is 0 Å². The molecular weight excluding hydrogens is 221 g/mol. The van der Waals surface area contributed by atoms with Gasteiger partial charge in [0.1, 0.15) is 0 Å². The molecule has 2 nitrogen and oxygen atoms in total. The molecule has 0 saturated carbocycles. The van der Waals surface area contributed by atoms with Crippen LogP contribution in [0.1, 0.15) is 12.5 Å². The molecule has 0 unspecified atom stereocenters. The van der Waals surface area contributed by atoms with Crippen molar-refractivity contribution in [1.29, 1.82) is 0 Å². The third-order valence-electron chi connectivity index (χ3n) is 1.82.